The van der Waals surface area contributed by atoms with Gasteiger partial charge in [0.05, 0.1) is 11.9 Å². The van der Waals surface area contributed by atoms with Crippen LogP contribution in [0.5, 0.6) is 0 Å². The molecular formula is C23H23N3O2. The van der Waals surface area contributed by atoms with Gasteiger partial charge >= 0.3 is 0 Å². The van der Waals surface area contributed by atoms with Gasteiger partial charge in [-0.15, -0.1) is 0 Å². The average Bonchev–Trinajstić information content (AvgIpc) is 2.69. The van der Waals surface area contributed by atoms with Crippen LogP contribution >= 0.6 is 0 Å². The molecule has 0 spiro atoms. The van der Waals surface area contributed by atoms with E-state index < -0.39 is 0 Å². The lowest BCUT2D eigenvalue weighted by atomic mass is 10.1. The van der Waals surface area contributed by atoms with E-state index in [0.29, 0.717) is 17.8 Å². The number of hydrogen-bond acceptors (Lipinski definition) is 4. The van der Waals surface area contributed by atoms with Crippen molar-refractivity contribution in [2.24, 2.45) is 0 Å². The predicted molar refractivity (Wildman–Crippen MR) is 112 cm³/mol. The minimum atomic E-state index is -0.134. The second kappa shape index (κ2) is 8.48. The molecule has 1 aromatic heterocycles. The molecule has 28 heavy (non-hydrogen) atoms. The summed E-state index contributed by atoms with van der Waals surface area (Å²) in [6.07, 6.45) is 1.64. The van der Waals surface area contributed by atoms with Crippen molar-refractivity contribution in [2.45, 2.75) is 20.8 Å². The van der Waals surface area contributed by atoms with E-state index in [1.807, 2.05) is 56.3 Å². The summed E-state index contributed by atoms with van der Waals surface area (Å²) in [4.78, 5) is 30.3. The summed E-state index contributed by atoms with van der Waals surface area (Å²) in [5.41, 5.74) is 4.64. The molecule has 0 aliphatic carbocycles. The first-order valence-corrected chi connectivity index (χ1v) is 9.20. The zero-order chi connectivity index (χ0) is 20.1. The molecule has 1 heterocycles. The number of rotatable bonds is 6. The number of carbonyl (C=O) groups excluding carboxylic acids is 2. The lowest BCUT2D eigenvalue weighted by Gasteiger charge is -2.21. The van der Waals surface area contributed by atoms with Crippen LogP contribution in [-0.4, -0.2) is 23.2 Å². The molecule has 0 saturated heterocycles. The van der Waals surface area contributed by atoms with Gasteiger partial charge in [-0.25, -0.2) is 4.98 Å². The van der Waals surface area contributed by atoms with E-state index in [1.54, 1.807) is 36.2 Å². The molecule has 0 atom stereocenters. The van der Waals surface area contributed by atoms with E-state index in [4.69, 9.17) is 0 Å². The average molecular weight is 373 g/mol. The number of aryl methyl sites for hydroxylation is 1. The van der Waals surface area contributed by atoms with E-state index in [0.717, 1.165) is 22.6 Å². The van der Waals surface area contributed by atoms with Crippen LogP contribution in [0.25, 0.3) is 0 Å². The van der Waals surface area contributed by atoms with Crippen LogP contribution in [0.3, 0.4) is 0 Å². The molecule has 0 aliphatic rings. The van der Waals surface area contributed by atoms with Gasteiger partial charge in [0.1, 0.15) is 5.69 Å². The lowest BCUT2D eigenvalue weighted by molar-refractivity contribution is 0.0981. The SMILES string of the molecule is CCN(C(=O)c1ccc(Nc2ccc(C(C)=O)cc2)cn1)c1cccc(C)c1. The first-order chi connectivity index (χ1) is 13.5. The van der Waals surface area contributed by atoms with Crippen molar-refractivity contribution in [1.29, 1.82) is 0 Å². The maximum atomic E-state index is 12.9. The Bertz CT molecular complexity index is 979. The second-order valence-corrected chi connectivity index (χ2v) is 6.58. The van der Waals surface area contributed by atoms with Gasteiger partial charge in [0.25, 0.3) is 5.91 Å². The van der Waals surface area contributed by atoms with Crippen LogP contribution in [-0.2, 0) is 0 Å². The third kappa shape index (κ3) is 4.43. The zero-order valence-electron chi connectivity index (χ0n) is 16.3. The molecule has 1 N–H and O–H groups in total. The van der Waals surface area contributed by atoms with Crippen molar-refractivity contribution < 1.29 is 9.59 Å². The van der Waals surface area contributed by atoms with Crippen molar-refractivity contribution in [3.63, 3.8) is 0 Å². The predicted octanol–water partition coefficient (Wildman–Crippen LogP) is 5.00. The third-order valence-corrected chi connectivity index (χ3v) is 4.44. The van der Waals surface area contributed by atoms with E-state index in [9.17, 15) is 9.59 Å². The van der Waals surface area contributed by atoms with Gasteiger partial charge in [-0.2, -0.15) is 0 Å². The van der Waals surface area contributed by atoms with Crippen LogP contribution in [0, 0.1) is 6.92 Å². The van der Waals surface area contributed by atoms with Gasteiger partial charge in [-0.05, 0) is 74.9 Å². The Morgan fingerprint density at radius 1 is 1.00 bits per heavy atom. The fraction of sp³-hybridized carbons (Fsp3) is 0.174. The van der Waals surface area contributed by atoms with Gasteiger partial charge in [0.15, 0.2) is 5.78 Å². The molecular weight excluding hydrogens is 350 g/mol. The van der Waals surface area contributed by atoms with Crippen LogP contribution < -0.4 is 10.2 Å². The van der Waals surface area contributed by atoms with Crippen molar-refractivity contribution in [3.05, 3.63) is 83.7 Å². The highest BCUT2D eigenvalue weighted by atomic mass is 16.2. The van der Waals surface area contributed by atoms with E-state index in [1.165, 1.54) is 0 Å². The quantitative estimate of drug-likeness (QED) is 0.618. The number of benzene rings is 2. The fourth-order valence-corrected chi connectivity index (χ4v) is 2.93. The Morgan fingerprint density at radius 2 is 1.71 bits per heavy atom. The maximum absolute atomic E-state index is 12.9. The molecule has 0 saturated carbocycles. The first kappa shape index (κ1) is 19.3. The monoisotopic (exact) mass is 373 g/mol. The number of anilines is 3. The van der Waals surface area contributed by atoms with Crippen molar-refractivity contribution in [2.75, 3.05) is 16.8 Å². The molecule has 0 bridgehead atoms. The summed E-state index contributed by atoms with van der Waals surface area (Å²) in [5, 5.41) is 3.22. The summed E-state index contributed by atoms with van der Waals surface area (Å²) in [5.74, 6) is -0.101. The van der Waals surface area contributed by atoms with Crippen LogP contribution in [0.2, 0.25) is 0 Å². The van der Waals surface area contributed by atoms with Gasteiger partial charge < -0.3 is 10.2 Å². The highest BCUT2D eigenvalue weighted by molar-refractivity contribution is 6.04. The highest BCUT2D eigenvalue weighted by Gasteiger charge is 2.17. The number of nitrogens with zero attached hydrogens (tertiary/aromatic N) is 2. The molecule has 0 aliphatic heterocycles. The number of nitrogens with one attached hydrogen (secondary N) is 1. The molecule has 0 radical (unpaired) electrons. The van der Waals surface area contributed by atoms with E-state index in [-0.39, 0.29) is 11.7 Å². The van der Waals surface area contributed by atoms with Gasteiger partial charge in [0, 0.05) is 23.5 Å². The molecule has 142 valence electrons. The molecule has 3 aromatic rings. The normalized spacial score (nSPS) is 10.4. The van der Waals surface area contributed by atoms with Crippen molar-refractivity contribution in [3.8, 4) is 0 Å². The van der Waals surface area contributed by atoms with Crippen molar-refractivity contribution >= 4 is 28.8 Å². The highest BCUT2D eigenvalue weighted by Crippen LogP contribution is 2.20. The van der Waals surface area contributed by atoms with Crippen LogP contribution in [0.15, 0.2) is 66.9 Å². The topological polar surface area (TPSA) is 62.3 Å². The van der Waals surface area contributed by atoms with Crippen LogP contribution in [0.1, 0.15) is 40.3 Å². The Balaban J connectivity index is 1.74. The maximum Gasteiger partial charge on any atom is 0.276 e. The standard InChI is InChI=1S/C23H23N3O2/c1-4-26(21-7-5-6-16(2)14-21)23(28)22-13-12-20(15-24-22)25-19-10-8-18(9-11-19)17(3)27/h5-15,25H,4H2,1-3H3. The molecule has 5 heteroatoms. The smallest absolute Gasteiger partial charge is 0.276 e. The number of aromatic nitrogens is 1. The Hall–Kier alpha value is -3.47. The molecule has 0 fully saturated rings. The summed E-state index contributed by atoms with van der Waals surface area (Å²) < 4.78 is 0. The van der Waals surface area contributed by atoms with Gasteiger partial charge in [-0.3, -0.25) is 9.59 Å². The summed E-state index contributed by atoms with van der Waals surface area (Å²) in [7, 11) is 0. The Kier molecular flexibility index (Phi) is 5.84. The third-order valence-electron chi connectivity index (χ3n) is 4.44. The lowest BCUT2D eigenvalue weighted by Crippen LogP contribution is -2.31. The van der Waals surface area contributed by atoms with Gasteiger partial charge in [0.2, 0.25) is 0 Å². The van der Waals surface area contributed by atoms with E-state index in [2.05, 4.69) is 10.3 Å². The minimum Gasteiger partial charge on any atom is -0.354 e. The number of hydrogen-bond donors (Lipinski definition) is 1. The molecule has 2 aromatic carbocycles. The summed E-state index contributed by atoms with van der Waals surface area (Å²) in [6.45, 7) is 6.05. The molecule has 1 amide bonds. The second-order valence-electron chi connectivity index (χ2n) is 6.58. The number of Topliss-reactive ketones (excluding diaryl/α,β-unsaturated/α-hetero) is 1. The molecule has 5 nitrogen and oxygen atoms in total. The van der Waals surface area contributed by atoms with Crippen LogP contribution in [0.4, 0.5) is 17.1 Å². The number of pyridine rings is 1. The first-order valence-electron chi connectivity index (χ1n) is 9.20. The molecule has 3 rings (SSSR count). The number of amides is 1. The number of carbonyl (C=O) groups is 2. The summed E-state index contributed by atoms with van der Waals surface area (Å²) >= 11 is 0. The van der Waals surface area contributed by atoms with E-state index >= 15 is 0 Å². The van der Waals surface area contributed by atoms with Crippen molar-refractivity contribution in [1.82, 2.24) is 4.98 Å². The Morgan fingerprint density at radius 3 is 2.29 bits per heavy atom. The number of ketones is 1. The Labute approximate surface area is 165 Å². The fourth-order valence-electron chi connectivity index (χ4n) is 2.93. The largest absolute Gasteiger partial charge is 0.354 e. The summed E-state index contributed by atoms with van der Waals surface area (Å²) in [6, 6.07) is 18.6. The molecule has 0 unspecified atom stereocenters. The van der Waals surface area contributed by atoms with Gasteiger partial charge in [-0.1, -0.05) is 12.1 Å². The zero-order valence-corrected chi connectivity index (χ0v) is 16.3. The minimum absolute atomic E-state index is 0.0326.